The van der Waals surface area contributed by atoms with E-state index < -0.39 is 0 Å². The van der Waals surface area contributed by atoms with Crippen LogP contribution in [0.25, 0.3) is 0 Å². The lowest BCUT2D eigenvalue weighted by Crippen LogP contribution is -2.36. The van der Waals surface area contributed by atoms with Crippen LogP contribution in [-0.4, -0.2) is 13.0 Å². The molecule has 2 N–H and O–H groups in total. The average molecular weight is 362 g/mol. The van der Waals surface area contributed by atoms with Crippen LogP contribution in [0.1, 0.15) is 15.9 Å². The third kappa shape index (κ3) is 4.78. The largest absolute Gasteiger partial charge is 0.494 e. The first-order chi connectivity index (χ1) is 10.1. The Balaban J connectivity index is 0.00000242. The first-order valence-electron chi connectivity index (χ1n) is 6.22. The van der Waals surface area contributed by atoms with Gasteiger partial charge in [-0.25, -0.2) is 5.43 Å². The zero-order chi connectivity index (χ0) is 15.2. The zero-order valence-electron chi connectivity index (χ0n) is 11.7. The molecule has 7 heteroatoms. The van der Waals surface area contributed by atoms with E-state index >= 15 is 0 Å². The van der Waals surface area contributed by atoms with Gasteiger partial charge in [0.05, 0.1) is 17.2 Å². The fourth-order valence-electron chi connectivity index (χ4n) is 1.78. The molecule has 1 amide bonds. The van der Waals surface area contributed by atoms with Gasteiger partial charge < -0.3 is 4.74 Å². The molecule has 0 aliphatic carbocycles. The second kappa shape index (κ2) is 8.86. The number of benzene rings is 2. The Morgan fingerprint density at radius 3 is 2.27 bits per heavy atom. The molecule has 0 saturated heterocycles. The van der Waals surface area contributed by atoms with Crippen molar-refractivity contribution >= 4 is 41.5 Å². The number of ether oxygens (including phenoxy) is 1. The number of amides is 1. The summed E-state index contributed by atoms with van der Waals surface area (Å²) in [6.07, 6.45) is 0. The Hall–Kier alpha value is -1.46. The van der Waals surface area contributed by atoms with E-state index in [4.69, 9.17) is 27.9 Å². The highest BCUT2D eigenvalue weighted by Crippen LogP contribution is 2.33. The smallest absolute Gasteiger partial charge is 0.265 e. The first-order valence-corrected chi connectivity index (χ1v) is 6.97. The van der Waals surface area contributed by atoms with Crippen molar-refractivity contribution in [3.8, 4) is 5.75 Å². The number of carbonyl (C=O) groups is 1. The van der Waals surface area contributed by atoms with Crippen molar-refractivity contribution in [1.29, 1.82) is 0 Å². The Bertz CT molecular complexity index is 613. The van der Waals surface area contributed by atoms with Crippen molar-refractivity contribution < 1.29 is 9.53 Å². The summed E-state index contributed by atoms with van der Waals surface area (Å²) in [5.74, 6) is 0.0320. The monoisotopic (exact) mass is 360 g/mol. The molecule has 0 aliphatic rings. The second-order valence-electron chi connectivity index (χ2n) is 4.27. The van der Waals surface area contributed by atoms with Crippen LogP contribution < -0.4 is 15.6 Å². The minimum absolute atomic E-state index is 0. The molecule has 2 aromatic rings. The molecule has 0 unspecified atom stereocenters. The molecule has 0 saturated carbocycles. The van der Waals surface area contributed by atoms with Crippen molar-refractivity contribution in [3.05, 3.63) is 63.6 Å². The maximum absolute atomic E-state index is 12.0. The molecule has 0 aliphatic heterocycles. The lowest BCUT2D eigenvalue weighted by atomic mass is 10.2. The van der Waals surface area contributed by atoms with Crippen LogP contribution in [0.15, 0.2) is 42.5 Å². The van der Waals surface area contributed by atoms with Gasteiger partial charge in [-0.2, -0.15) is 0 Å². The van der Waals surface area contributed by atoms with E-state index in [1.54, 1.807) is 0 Å². The number of rotatable bonds is 5. The quantitative estimate of drug-likeness (QED) is 0.795. The Morgan fingerprint density at radius 1 is 1.14 bits per heavy atom. The van der Waals surface area contributed by atoms with Crippen LogP contribution in [0, 0.1) is 0 Å². The highest BCUT2D eigenvalue weighted by atomic mass is 35.5. The van der Waals surface area contributed by atoms with E-state index in [1.807, 2.05) is 30.3 Å². The van der Waals surface area contributed by atoms with E-state index in [1.165, 1.54) is 19.2 Å². The van der Waals surface area contributed by atoms with Gasteiger partial charge in [-0.15, -0.1) is 12.4 Å². The minimum atomic E-state index is -0.322. The summed E-state index contributed by atoms with van der Waals surface area (Å²) in [4.78, 5) is 12.0. The molecule has 2 rings (SSSR count). The van der Waals surface area contributed by atoms with Gasteiger partial charge in [-0.05, 0) is 17.7 Å². The molecule has 0 radical (unpaired) electrons. The van der Waals surface area contributed by atoms with Crippen molar-refractivity contribution in [2.24, 2.45) is 0 Å². The fraction of sp³-hybridized carbons (Fsp3) is 0.133. The van der Waals surface area contributed by atoms with E-state index in [-0.39, 0.29) is 18.3 Å². The number of halogens is 3. The summed E-state index contributed by atoms with van der Waals surface area (Å²) in [7, 11) is 1.47. The van der Waals surface area contributed by atoms with Gasteiger partial charge in [0.15, 0.2) is 5.75 Å². The summed E-state index contributed by atoms with van der Waals surface area (Å²) >= 11 is 12.0. The lowest BCUT2D eigenvalue weighted by molar-refractivity contribution is 0.0932. The molecular weight excluding hydrogens is 347 g/mol. The van der Waals surface area contributed by atoms with Crippen molar-refractivity contribution in [2.75, 3.05) is 7.11 Å². The zero-order valence-corrected chi connectivity index (χ0v) is 14.1. The molecule has 22 heavy (non-hydrogen) atoms. The lowest BCUT2D eigenvalue weighted by Gasteiger charge is -2.10. The third-order valence-electron chi connectivity index (χ3n) is 2.80. The molecule has 2 aromatic carbocycles. The molecule has 4 nitrogen and oxygen atoms in total. The van der Waals surface area contributed by atoms with Crippen LogP contribution in [0.4, 0.5) is 0 Å². The molecule has 0 heterocycles. The van der Waals surface area contributed by atoms with Crippen LogP contribution >= 0.6 is 35.6 Å². The van der Waals surface area contributed by atoms with Gasteiger partial charge in [-0.1, -0.05) is 53.5 Å². The molecular formula is C15H15Cl3N2O2. The number of nitrogens with one attached hydrogen (secondary N) is 2. The van der Waals surface area contributed by atoms with Gasteiger partial charge in [0.1, 0.15) is 0 Å². The van der Waals surface area contributed by atoms with Crippen LogP contribution in [0.2, 0.25) is 10.0 Å². The predicted molar refractivity (Wildman–Crippen MR) is 91.0 cm³/mol. The highest BCUT2D eigenvalue weighted by molar-refractivity contribution is 6.37. The summed E-state index contributed by atoms with van der Waals surface area (Å²) in [6, 6.07) is 12.7. The van der Waals surface area contributed by atoms with Crippen LogP contribution in [-0.2, 0) is 6.54 Å². The maximum Gasteiger partial charge on any atom is 0.265 e. The van der Waals surface area contributed by atoms with Gasteiger partial charge in [0, 0.05) is 12.1 Å². The van der Waals surface area contributed by atoms with E-state index in [0.29, 0.717) is 27.9 Å². The van der Waals surface area contributed by atoms with Crippen molar-refractivity contribution in [3.63, 3.8) is 0 Å². The third-order valence-corrected chi connectivity index (χ3v) is 3.36. The average Bonchev–Trinajstić information content (AvgIpc) is 2.48. The highest BCUT2D eigenvalue weighted by Gasteiger charge is 2.13. The van der Waals surface area contributed by atoms with Gasteiger partial charge in [-0.3, -0.25) is 10.2 Å². The number of hydrogen-bond donors (Lipinski definition) is 2. The summed E-state index contributed by atoms with van der Waals surface area (Å²) in [6.45, 7) is 0.518. The van der Waals surface area contributed by atoms with Crippen LogP contribution in [0.5, 0.6) is 5.75 Å². The molecule has 0 spiro atoms. The topological polar surface area (TPSA) is 50.4 Å². The summed E-state index contributed by atoms with van der Waals surface area (Å²) < 4.78 is 5.04. The summed E-state index contributed by atoms with van der Waals surface area (Å²) in [5, 5.41) is 0.580. The molecule has 118 valence electrons. The fourth-order valence-corrected chi connectivity index (χ4v) is 2.42. The number of hydrogen-bond acceptors (Lipinski definition) is 3. The number of methoxy groups -OCH3 is 1. The molecule has 0 bridgehead atoms. The Morgan fingerprint density at radius 2 is 1.73 bits per heavy atom. The minimum Gasteiger partial charge on any atom is -0.494 e. The molecule has 0 atom stereocenters. The van der Waals surface area contributed by atoms with Gasteiger partial charge in [0.2, 0.25) is 0 Å². The Kier molecular flexibility index (Phi) is 7.48. The van der Waals surface area contributed by atoms with Crippen molar-refractivity contribution in [2.45, 2.75) is 6.54 Å². The first kappa shape index (κ1) is 18.6. The van der Waals surface area contributed by atoms with E-state index in [2.05, 4.69) is 10.9 Å². The Labute approximate surface area is 145 Å². The maximum atomic E-state index is 12.0. The molecule has 0 fully saturated rings. The van der Waals surface area contributed by atoms with E-state index in [9.17, 15) is 4.79 Å². The van der Waals surface area contributed by atoms with Gasteiger partial charge in [0.25, 0.3) is 5.91 Å². The predicted octanol–water partition coefficient (Wildman–Crippen LogP) is 3.86. The van der Waals surface area contributed by atoms with Gasteiger partial charge >= 0.3 is 0 Å². The normalized spacial score (nSPS) is 9.77. The SMILES string of the molecule is COc1c(Cl)cc(C(=O)NNCc2ccccc2)cc1Cl.Cl. The standard InChI is InChI=1S/C15H14Cl2N2O2.ClH/c1-21-14-12(16)7-11(8-13(14)17)15(20)19-18-9-10-5-3-2-4-6-10;/h2-8,18H,9H2,1H3,(H,19,20);1H. The number of hydrazine groups is 1. The summed E-state index contributed by atoms with van der Waals surface area (Å²) in [5.41, 5.74) is 6.85. The molecule has 0 aromatic heterocycles. The van der Waals surface area contributed by atoms with Crippen LogP contribution in [0.3, 0.4) is 0 Å². The second-order valence-corrected chi connectivity index (χ2v) is 5.08. The van der Waals surface area contributed by atoms with E-state index in [0.717, 1.165) is 5.56 Å². The number of carbonyl (C=O) groups excluding carboxylic acids is 1. The van der Waals surface area contributed by atoms with Crippen molar-refractivity contribution in [1.82, 2.24) is 10.9 Å².